The third-order valence-electron chi connectivity index (χ3n) is 1.18. The summed E-state index contributed by atoms with van der Waals surface area (Å²) in [6.45, 7) is 0. The van der Waals surface area contributed by atoms with Gasteiger partial charge in [0.2, 0.25) is 0 Å². The summed E-state index contributed by atoms with van der Waals surface area (Å²) < 4.78 is 9.76. The Morgan fingerprint density at radius 1 is 1.73 bits per heavy atom. The van der Waals surface area contributed by atoms with Gasteiger partial charge in [-0.25, -0.2) is 9.59 Å². The van der Waals surface area contributed by atoms with Gasteiger partial charge in [-0.15, -0.1) is 0 Å². The van der Waals surface area contributed by atoms with Gasteiger partial charge in [-0.3, -0.25) is 4.52 Å². The Bertz CT molecular complexity index is 323. The van der Waals surface area contributed by atoms with Gasteiger partial charge in [0.1, 0.15) is 0 Å². The molecule has 0 bridgehead atoms. The molecule has 0 aliphatic rings. The fourth-order valence-electron chi connectivity index (χ4n) is 0.658. The molecule has 6 heteroatoms. The summed E-state index contributed by atoms with van der Waals surface area (Å²) in [5.74, 6) is -0.720. The fourth-order valence-corrected chi connectivity index (χ4v) is 0.658. The summed E-state index contributed by atoms with van der Waals surface area (Å²) in [4.78, 5) is 21.5. The van der Waals surface area contributed by atoms with Crippen molar-refractivity contribution in [3.05, 3.63) is 16.1 Å². The van der Waals surface area contributed by atoms with Crippen LogP contribution in [0.25, 0.3) is 0 Å². The minimum Gasteiger partial charge on any atom is -0.461 e. The van der Waals surface area contributed by atoms with Crippen molar-refractivity contribution >= 4 is 5.97 Å². The van der Waals surface area contributed by atoms with Crippen LogP contribution in [0.15, 0.2) is 9.32 Å². The van der Waals surface area contributed by atoms with Gasteiger partial charge in [0.05, 0.1) is 7.11 Å². The monoisotopic (exact) mass is 159 g/mol. The SMILES string of the molecule is COC(=O)c1c(=O)o[nH][n+]1C. The first-order valence-electron chi connectivity index (χ1n) is 2.82. The van der Waals surface area contributed by atoms with Crippen molar-refractivity contribution in [1.29, 1.82) is 0 Å². The number of methoxy groups -OCH3 is 1. The van der Waals surface area contributed by atoms with E-state index in [1.165, 1.54) is 14.2 Å². The summed E-state index contributed by atoms with van der Waals surface area (Å²) in [5.41, 5.74) is -0.896. The Hall–Kier alpha value is -1.59. The minimum absolute atomic E-state index is 0.160. The Labute approximate surface area is 61.3 Å². The zero-order valence-corrected chi connectivity index (χ0v) is 6.08. The van der Waals surface area contributed by atoms with Crippen molar-refractivity contribution in [3.8, 4) is 0 Å². The molecule has 11 heavy (non-hydrogen) atoms. The van der Waals surface area contributed by atoms with E-state index in [1.807, 2.05) is 0 Å². The lowest BCUT2D eigenvalue weighted by molar-refractivity contribution is -0.741. The van der Waals surface area contributed by atoms with Crippen molar-refractivity contribution in [3.63, 3.8) is 0 Å². The predicted octanol–water partition coefficient (Wildman–Crippen LogP) is -1.42. The first-order chi connectivity index (χ1) is 5.16. The van der Waals surface area contributed by atoms with Crippen molar-refractivity contribution in [2.24, 2.45) is 7.05 Å². The summed E-state index contributed by atoms with van der Waals surface area (Å²) >= 11 is 0. The number of aryl methyl sites for hydroxylation is 1. The zero-order chi connectivity index (χ0) is 8.43. The van der Waals surface area contributed by atoms with E-state index in [4.69, 9.17) is 0 Å². The Kier molecular flexibility index (Phi) is 1.75. The number of aromatic nitrogens is 2. The van der Waals surface area contributed by atoms with Crippen LogP contribution in [0.1, 0.15) is 10.5 Å². The van der Waals surface area contributed by atoms with Gasteiger partial charge in [-0.2, -0.15) is 0 Å². The molecule has 1 rings (SSSR count). The third kappa shape index (κ3) is 1.14. The first kappa shape index (κ1) is 7.52. The number of hydrogen-bond donors (Lipinski definition) is 1. The molecule has 0 saturated carbocycles. The molecular formula is C5H7N2O4+. The molecular weight excluding hydrogens is 152 g/mol. The second-order valence-electron chi connectivity index (χ2n) is 1.88. The van der Waals surface area contributed by atoms with Gasteiger partial charge in [0.25, 0.3) is 0 Å². The van der Waals surface area contributed by atoms with Crippen LogP contribution >= 0.6 is 0 Å². The molecule has 0 fully saturated rings. The number of nitrogens with one attached hydrogen (secondary N) is 1. The third-order valence-corrected chi connectivity index (χ3v) is 1.18. The molecule has 1 aromatic rings. The highest BCUT2D eigenvalue weighted by atomic mass is 16.5. The van der Waals surface area contributed by atoms with Crippen molar-refractivity contribution in [2.75, 3.05) is 7.11 Å². The van der Waals surface area contributed by atoms with Crippen molar-refractivity contribution in [2.45, 2.75) is 0 Å². The molecule has 0 amide bonds. The largest absolute Gasteiger partial charge is 0.461 e. The standard InChI is InChI=1S/C5H6N2O4/c1-7-3(4(8)10-2)5(9)11-6-7/h1-2H3/p+1. The van der Waals surface area contributed by atoms with E-state index in [-0.39, 0.29) is 5.69 Å². The molecule has 60 valence electrons. The number of nitrogens with zero attached hydrogens (tertiary/aromatic N) is 1. The normalized spacial score (nSPS) is 9.64. The van der Waals surface area contributed by atoms with Crippen LogP contribution in [0, 0.1) is 0 Å². The van der Waals surface area contributed by atoms with Crippen LogP contribution < -0.4 is 10.3 Å². The van der Waals surface area contributed by atoms with Crippen LogP contribution in [0.3, 0.4) is 0 Å². The molecule has 1 N–H and O–H groups in total. The second kappa shape index (κ2) is 2.57. The summed E-state index contributed by atoms with van der Waals surface area (Å²) in [6, 6.07) is 0. The van der Waals surface area contributed by atoms with Crippen LogP contribution in [0.5, 0.6) is 0 Å². The molecule has 1 heterocycles. The summed E-state index contributed by atoms with van der Waals surface area (Å²) in [5, 5.41) is 2.18. The van der Waals surface area contributed by atoms with Crippen molar-refractivity contribution < 1.29 is 18.7 Å². The molecule has 1 aromatic heterocycles. The number of esters is 1. The molecule has 6 nitrogen and oxygen atoms in total. The number of H-pyrrole nitrogens is 1. The Balaban J connectivity index is 3.21. The summed E-state index contributed by atoms with van der Waals surface area (Å²) in [6.07, 6.45) is 0. The fraction of sp³-hybridized carbons (Fsp3) is 0.400. The smallest absolute Gasteiger partial charge is 0.442 e. The number of aromatic amines is 1. The van der Waals surface area contributed by atoms with Crippen molar-refractivity contribution in [1.82, 2.24) is 5.27 Å². The minimum atomic E-state index is -0.737. The highest BCUT2D eigenvalue weighted by Gasteiger charge is 2.26. The lowest BCUT2D eigenvalue weighted by Crippen LogP contribution is -2.39. The van der Waals surface area contributed by atoms with E-state index in [0.29, 0.717) is 0 Å². The van der Waals surface area contributed by atoms with Gasteiger partial charge < -0.3 is 4.74 Å². The molecule has 0 radical (unpaired) electrons. The van der Waals surface area contributed by atoms with E-state index in [1.54, 1.807) is 0 Å². The highest BCUT2D eigenvalue weighted by molar-refractivity contribution is 5.84. The maximum atomic E-state index is 10.8. The summed E-state index contributed by atoms with van der Waals surface area (Å²) in [7, 11) is 2.66. The van der Waals surface area contributed by atoms with Gasteiger partial charge >= 0.3 is 17.3 Å². The van der Waals surface area contributed by atoms with Crippen LogP contribution in [-0.2, 0) is 11.8 Å². The molecule has 0 saturated heterocycles. The molecule has 0 aliphatic carbocycles. The van der Waals surface area contributed by atoms with Gasteiger partial charge in [-0.05, 0) is 5.27 Å². The number of hydrogen-bond acceptors (Lipinski definition) is 4. The Morgan fingerprint density at radius 2 is 2.36 bits per heavy atom. The number of ether oxygens (including phenoxy) is 1. The average molecular weight is 159 g/mol. The van der Waals surface area contributed by atoms with Crippen LogP contribution in [0.4, 0.5) is 0 Å². The van der Waals surface area contributed by atoms with Crippen LogP contribution in [0.2, 0.25) is 0 Å². The predicted molar refractivity (Wildman–Crippen MR) is 31.8 cm³/mol. The topological polar surface area (TPSA) is 76.2 Å². The molecule has 0 unspecified atom stereocenters. The van der Waals surface area contributed by atoms with Gasteiger partial charge in [0, 0.05) is 0 Å². The Morgan fingerprint density at radius 3 is 2.73 bits per heavy atom. The van der Waals surface area contributed by atoms with E-state index in [2.05, 4.69) is 14.5 Å². The highest BCUT2D eigenvalue weighted by Crippen LogP contribution is 1.82. The first-order valence-corrected chi connectivity index (χ1v) is 2.82. The second-order valence-corrected chi connectivity index (χ2v) is 1.88. The maximum Gasteiger partial charge on any atom is 0.442 e. The van der Waals surface area contributed by atoms with Crippen LogP contribution in [-0.4, -0.2) is 18.4 Å². The van der Waals surface area contributed by atoms with Gasteiger partial charge in [0.15, 0.2) is 7.05 Å². The quantitative estimate of drug-likeness (QED) is 0.403. The zero-order valence-electron chi connectivity index (χ0n) is 6.08. The van der Waals surface area contributed by atoms with E-state index in [0.717, 1.165) is 4.68 Å². The lowest BCUT2D eigenvalue weighted by atomic mass is 10.5. The van der Waals surface area contributed by atoms with E-state index < -0.39 is 11.6 Å². The molecule has 0 aromatic carbocycles. The number of carbonyl (C=O) groups excluding carboxylic acids is 1. The molecule has 0 aliphatic heterocycles. The van der Waals surface area contributed by atoms with Gasteiger partial charge in [-0.1, -0.05) is 4.68 Å². The van der Waals surface area contributed by atoms with E-state index in [9.17, 15) is 9.59 Å². The molecule has 0 spiro atoms. The maximum absolute atomic E-state index is 10.8. The van der Waals surface area contributed by atoms with E-state index >= 15 is 0 Å². The molecule has 0 atom stereocenters. The average Bonchev–Trinajstić information content (AvgIpc) is 2.30. The number of carbonyl (C=O) groups is 1. The number of rotatable bonds is 1. The lowest BCUT2D eigenvalue weighted by Gasteiger charge is -1.86.